The monoisotopic (exact) mass is 596 g/mol. The zero-order chi connectivity index (χ0) is 19.7. The van der Waals surface area contributed by atoms with Crippen LogP contribution < -0.4 is 0 Å². The van der Waals surface area contributed by atoms with Gasteiger partial charge in [-0.2, -0.15) is 5.26 Å². The SMILES string of the molecule is N#Cc1c(N=Cc2cc(I)c(O)c(I)c2)oc(-c2ccco2)c1-c1ccco1. The Kier molecular flexibility index (Phi) is 5.27. The van der Waals surface area contributed by atoms with Crippen molar-refractivity contribution in [2.45, 2.75) is 0 Å². The van der Waals surface area contributed by atoms with Gasteiger partial charge in [0.25, 0.3) is 0 Å². The molecule has 0 radical (unpaired) electrons. The van der Waals surface area contributed by atoms with Gasteiger partial charge >= 0.3 is 0 Å². The van der Waals surface area contributed by atoms with Crippen LogP contribution in [0, 0.1) is 18.5 Å². The molecule has 0 atom stereocenters. The summed E-state index contributed by atoms with van der Waals surface area (Å²) in [6.45, 7) is 0. The number of nitrogens with zero attached hydrogens (tertiary/aromatic N) is 2. The van der Waals surface area contributed by atoms with Gasteiger partial charge < -0.3 is 18.4 Å². The third kappa shape index (κ3) is 3.47. The van der Waals surface area contributed by atoms with Gasteiger partial charge in [0.2, 0.25) is 5.88 Å². The Bertz CT molecular complexity index is 1180. The number of furan rings is 3. The van der Waals surface area contributed by atoms with Crippen LogP contribution in [0.15, 0.2) is 67.2 Å². The van der Waals surface area contributed by atoms with Crippen LogP contribution >= 0.6 is 45.2 Å². The molecule has 1 N–H and O–H groups in total. The molecule has 4 aromatic rings. The third-order valence-corrected chi connectivity index (χ3v) is 5.53. The van der Waals surface area contributed by atoms with Crippen LogP contribution in [0.1, 0.15) is 11.1 Å². The maximum Gasteiger partial charge on any atom is 0.238 e. The van der Waals surface area contributed by atoms with Crippen LogP contribution in [0.3, 0.4) is 0 Å². The van der Waals surface area contributed by atoms with Crippen molar-refractivity contribution < 1.29 is 18.4 Å². The molecular weight excluding hydrogens is 586 g/mol. The molecule has 4 rings (SSSR count). The molecule has 0 aliphatic heterocycles. The Balaban J connectivity index is 1.84. The van der Waals surface area contributed by atoms with E-state index in [-0.39, 0.29) is 17.2 Å². The van der Waals surface area contributed by atoms with Gasteiger partial charge in [0, 0.05) is 6.21 Å². The molecule has 0 aliphatic rings. The summed E-state index contributed by atoms with van der Waals surface area (Å²) < 4.78 is 18.2. The standard InChI is InChI=1S/C20H10I2N2O4/c21-13-7-11(8-14(22)18(13)25)10-24-20-12(9-23)17(15-3-1-5-26-15)19(28-20)16-4-2-6-27-16/h1-8,10,25H. The van der Waals surface area contributed by atoms with Crippen LogP contribution in [0.2, 0.25) is 0 Å². The van der Waals surface area contributed by atoms with Gasteiger partial charge in [-0.1, -0.05) is 0 Å². The predicted molar refractivity (Wildman–Crippen MR) is 120 cm³/mol. The summed E-state index contributed by atoms with van der Waals surface area (Å²) in [5, 5.41) is 19.6. The fourth-order valence-electron chi connectivity index (χ4n) is 2.64. The van der Waals surface area contributed by atoms with E-state index in [0.717, 1.165) is 5.56 Å². The number of halogens is 2. The van der Waals surface area contributed by atoms with Gasteiger partial charge in [-0.25, -0.2) is 4.99 Å². The van der Waals surface area contributed by atoms with Crippen molar-refractivity contribution in [1.29, 1.82) is 5.26 Å². The van der Waals surface area contributed by atoms with Gasteiger partial charge in [0.05, 0.1) is 25.2 Å². The maximum atomic E-state index is 9.91. The molecule has 0 aliphatic carbocycles. The van der Waals surface area contributed by atoms with E-state index in [9.17, 15) is 10.4 Å². The maximum absolute atomic E-state index is 9.91. The minimum absolute atomic E-state index is 0.151. The highest BCUT2D eigenvalue weighted by atomic mass is 127. The highest BCUT2D eigenvalue weighted by Gasteiger charge is 2.26. The predicted octanol–water partition coefficient (Wildman–Crippen LogP) is 6.34. The van der Waals surface area contributed by atoms with Crippen molar-refractivity contribution in [3.63, 3.8) is 0 Å². The van der Waals surface area contributed by atoms with E-state index in [0.29, 0.717) is 30.0 Å². The first-order valence-corrected chi connectivity index (χ1v) is 10.1. The molecule has 0 amide bonds. The second kappa shape index (κ2) is 7.84. The normalized spacial score (nSPS) is 11.2. The van der Waals surface area contributed by atoms with Gasteiger partial charge in [0.15, 0.2) is 11.5 Å². The van der Waals surface area contributed by atoms with Gasteiger partial charge in [-0.15, -0.1) is 0 Å². The molecule has 6 nitrogen and oxygen atoms in total. The van der Waals surface area contributed by atoms with E-state index in [4.69, 9.17) is 13.3 Å². The lowest BCUT2D eigenvalue weighted by Gasteiger charge is -2.01. The van der Waals surface area contributed by atoms with Crippen molar-refractivity contribution in [3.05, 3.63) is 67.2 Å². The van der Waals surface area contributed by atoms with Crippen LogP contribution in [0.4, 0.5) is 5.88 Å². The lowest BCUT2D eigenvalue weighted by Crippen LogP contribution is -1.87. The molecule has 0 spiro atoms. The quantitative estimate of drug-likeness (QED) is 0.219. The highest BCUT2D eigenvalue weighted by molar-refractivity contribution is 14.1. The molecule has 0 unspecified atom stereocenters. The first-order valence-electron chi connectivity index (χ1n) is 7.95. The summed E-state index contributed by atoms with van der Waals surface area (Å²) in [5.74, 6) is 1.71. The summed E-state index contributed by atoms with van der Waals surface area (Å²) in [7, 11) is 0. The number of nitriles is 1. The summed E-state index contributed by atoms with van der Waals surface area (Å²) >= 11 is 4.10. The number of phenolic OH excluding ortho intramolecular Hbond substituents is 1. The number of benzene rings is 1. The summed E-state index contributed by atoms with van der Waals surface area (Å²) in [4.78, 5) is 4.37. The molecule has 3 aromatic heterocycles. The Labute approximate surface area is 186 Å². The van der Waals surface area contributed by atoms with Crippen molar-refractivity contribution in [3.8, 4) is 34.7 Å². The summed E-state index contributed by atoms with van der Waals surface area (Å²) in [6.07, 6.45) is 4.64. The van der Waals surface area contributed by atoms with E-state index in [1.165, 1.54) is 12.5 Å². The Morgan fingerprint density at radius 1 is 1.04 bits per heavy atom. The fraction of sp³-hybridized carbons (Fsp3) is 0. The molecule has 1 aromatic carbocycles. The largest absolute Gasteiger partial charge is 0.506 e. The summed E-state index contributed by atoms with van der Waals surface area (Å²) in [5.41, 5.74) is 1.51. The Morgan fingerprint density at radius 3 is 2.25 bits per heavy atom. The van der Waals surface area contributed by atoms with Crippen molar-refractivity contribution in [2.24, 2.45) is 4.99 Å². The van der Waals surface area contributed by atoms with E-state index in [2.05, 4.69) is 56.2 Å². The topological polar surface area (TPSA) is 95.8 Å². The number of rotatable bonds is 4. The number of hydrogen-bond donors (Lipinski definition) is 1. The molecule has 0 saturated heterocycles. The number of hydrogen-bond acceptors (Lipinski definition) is 6. The zero-order valence-electron chi connectivity index (χ0n) is 14.0. The number of aliphatic imine (C=N–C) groups is 1. The molecule has 8 heteroatoms. The van der Waals surface area contributed by atoms with Crippen LogP contribution in [-0.4, -0.2) is 11.3 Å². The van der Waals surface area contributed by atoms with E-state index >= 15 is 0 Å². The van der Waals surface area contributed by atoms with Gasteiger partial charge in [-0.05, 0) is 87.1 Å². The first kappa shape index (κ1) is 18.8. The average molecular weight is 596 g/mol. The average Bonchev–Trinajstić information content (AvgIpc) is 3.43. The van der Waals surface area contributed by atoms with Crippen molar-refractivity contribution in [1.82, 2.24) is 0 Å². The van der Waals surface area contributed by atoms with Gasteiger partial charge in [-0.3, -0.25) is 0 Å². The lowest BCUT2D eigenvalue weighted by atomic mass is 10.1. The smallest absolute Gasteiger partial charge is 0.238 e. The number of aromatic hydroxyl groups is 1. The third-order valence-electron chi connectivity index (χ3n) is 3.88. The molecule has 0 fully saturated rings. The Morgan fingerprint density at radius 2 is 1.68 bits per heavy atom. The van der Waals surface area contributed by atoms with Crippen molar-refractivity contribution in [2.75, 3.05) is 0 Å². The molecule has 0 saturated carbocycles. The molecule has 3 heterocycles. The second-order valence-corrected chi connectivity index (χ2v) is 7.97. The van der Waals surface area contributed by atoms with Crippen molar-refractivity contribution >= 4 is 57.3 Å². The molecular formula is C20H10I2N2O4. The van der Waals surface area contributed by atoms with Crippen LogP contribution in [-0.2, 0) is 0 Å². The molecule has 0 bridgehead atoms. The zero-order valence-corrected chi connectivity index (χ0v) is 18.3. The highest BCUT2D eigenvalue weighted by Crippen LogP contribution is 2.42. The number of phenols is 1. The van der Waals surface area contributed by atoms with Gasteiger partial charge in [0.1, 0.15) is 23.1 Å². The van der Waals surface area contributed by atoms with Crippen LogP contribution in [0.25, 0.3) is 22.8 Å². The minimum Gasteiger partial charge on any atom is -0.506 e. The molecule has 138 valence electrons. The fourth-order valence-corrected chi connectivity index (χ4v) is 4.46. The van der Waals surface area contributed by atoms with E-state index < -0.39 is 0 Å². The minimum atomic E-state index is 0.151. The van der Waals surface area contributed by atoms with E-state index in [1.807, 2.05) is 0 Å². The second-order valence-electron chi connectivity index (χ2n) is 5.64. The van der Waals surface area contributed by atoms with Crippen LogP contribution in [0.5, 0.6) is 5.75 Å². The summed E-state index contributed by atoms with van der Waals surface area (Å²) in [6, 6.07) is 12.7. The Hall–Kier alpha value is -2.52. The lowest BCUT2D eigenvalue weighted by molar-refractivity contribution is 0.467. The van der Waals surface area contributed by atoms with E-state index in [1.54, 1.807) is 42.6 Å². The molecule has 28 heavy (non-hydrogen) atoms. The first-order chi connectivity index (χ1) is 13.6.